The number of rotatable bonds is 6. The van der Waals surface area contributed by atoms with Gasteiger partial charge in [-0.3, -0.25) is 0 Å². The molecule has 0 saturated carbocycles. The van der Waals surface area contributed by atoms with Gasteiger partial charge in [-0.25, -0.2) is 0 Å². The fourth-order valence-electron chi connectivity index (χ4n) is 4.07. The van der Waals surface area contributed by atoms with Gasteiger partial charge in [-0.1, -0.05) is 111 Å². The first-order chi connectivity index (χ1) is 14.1. The zero-order valence-electron chi connectivity index (χ0n) is 17.5. The van der Waals surface area contributed by atoms with Crippen LogP contribution >= 0.6 is 0 Å². The van der Waals surface area contributed by atoms with Crippen molar-refractivity contribution in [2.45, 2.75) is 38.8 Å². The van der Waals surface area contributed by atoms with Gasteiger partial charge in [-0.2, -0.15) is 0 Å². The van der Waals surface area contributed by atoms with Gasteiger partial charge in [-0.15, -0.1) is 0 Å². The first-order valence-electron chi connectivity index (χ1n) is 10.4. The van der Waals surface area contributed by atoms with Gasteiger partial charge in [0.25, 0.3) is 0 Å². The smallest absolute Gasteiger partial charge is 0.0301 e. The van der Waals surface area contributed by atoms with E-state index >= 15 is 0 Å². The van der Waals surface area contributed by atoms with Crippen LogP contribution in [0.4, 0.5) is 0 Å². The molecule has 146 valence electrons. The van der Waals surface area contributed by atoms with Crippen molar-refractivity contribution in [2.75, 3.05) is 0 Å². The minimum Gasteiger partial charge on any atom is -0.306 e. The van der Waals surface area contributed by atoms with Crippen molar-refractivity contribution in [1.29, 1.82) is 0 Å². The fraction of sp³-hybridized carbons (Fsp3) is 0.214. The molecule has 0 fully saturated rings. The molecule has 0 bridgehead atoms. The van der Waals surface area contributed by atoms with E-state index in [1.807, 2.05) is 0 Å². The van der Waals surface area contributed by atoms with E-state index in [0.29, 0.717) is 6.04 Å². The molecular formula is C28H29N. The van der Waals surface area contributed by atoms with Crippen LogP contribution < -0.4 is 5.32 Å². The van der Waals surface area contributed by atoms with Gasteiger partial charge in [0.05, 0.1) is 0 Å². The fourth-order valence-corrected chi connectivity index (χ4v) is 4.07. The SMILES string of the molecule is C[C@H](NCc1ccc(C(C)(C)c2ccccc2)cc1)c1cccc2ccccc12. The summed E-state index contributed by atoms with van der Waals surface area (Å²) < 4.78 is 0. The lowest BCUT2D eigenvalue weighted by Crippen LogP contribution is -2.20. The second-order valence-corrected chi connectivity index (χ2v) is 8.36. The molecule has 0 aliphatic rings. The van der Waals surface area contributed by atoms with Crippen LogP contribution in [0.15, 0.2) is 97.1 Å². The van der Waals surface area contributed by atoms with Crippen LogP contribution in [0.25, 0.3) is 10.8 Å². The molecule has 1 nitrogen and oxygen atoms in total. The zero-order chi connectivity index (χ0) is 20.3. The van der Waals surface area contributed by atoms with E-state index in [4.69, 9.17) is 0 Å². The molecule has 0 heterocycles. The molecule has 1 atom stereocenters. The highest BCUT2D eigenvalue weighted by Gasteiger charge is 2.22. The van der Waals surface area contributed by atoms with E-state index in [2.05, 4.69) is 123 Å². The first kappa shape index (κ1) is 19.4. The molecule has 0 aliphatic heterocycles. The van der Waals surface area contributed by atoms with Crippen LogP contribution in [0.2, 0.25) is 0 Å². The Kier molecular flexibility index (Phi) is 5.51. The predicted octanol–water partition coefficient (Wildman–Crippen LogP) is 7.02. The maximum absolute atomic E-state index is 3.70. The van der Waals surface area contributed by atoms with Crippen molar-refractivity contribution >= 4 is 10.8 Å². The van der Waals surface area contributed by atoms with Crippen molar-refractivity contribution in [3.63, 3.8) is 0 Å². The summed E-state index contributed by atoms with van der Waals surface area (Å²) in [6.07, 6.45) is 0. The maximum atomic E-state index is 3.70. The Morgan fingerprint density at radius 1 is 0.690 bits per heavy atom. The summed E-state index contributed by atoms with van der Waals surface area (Å²) in [6, 6.07) is 35.2. The predicted molar refractivity (Wildman–Crippen MR) is 124 cm³/mol. The summed E-state index contributed by atoms with van der Waals surface area (Å²) in [7, 11) is 0. The number of hydrogen-bond acceptors (Lipinski definition) is 1. The number of fused-ring (bicyclic) bond motifs is 1. The van der Waals surface area contributed by atoms with Gasteiger partial charge in [0.1, 0.15) is 0 Å². The average Bonchev–Trinajstić information content (AvgIpc) is 2.78. The normalized spacial score (nSPS) is 12.8. The monoisotopic (exact) mass is 379 g/mol. The van der Waals surface area contributed by atoms with Crippen molar-refractivity contribution in [3.05, 3.63) is 119 Å². The van der Waals surface area contributed by atoms with Crippen molar-refractivity contribution in [1.82, 2.24) is 5.32 Å². The van der Waals surface area contributed by atoms with E-state index in [1.165, 1.54) is 33.0 Å². The van der Waals surface area contributed by atoms with Gasteiger partial charge < -0.3 is 5.32 Å². The molecule has 0 radical (unpaired) electrons. The Balaban J connectivity index is 1.47. The average molecular weight is 380 g/mol. The van der Waals surface area contributed by atoms with Gasteiger partial charge in [0.15, 0.2) is 0 Å². The molecule has 0 spiro atoms. The van der Waals surface area contributed by atoms with Gasteiger partial charge in [0, 0.05) is 18.0 Å². The van der Waals surface area contributed by atoms with E-state index in [-0.39, 0.29) is 5.41 Å². The zero-order valence-corrected chi connectivity index (χ0v) is 17.5. The summed E-state index contributed by atoms with van der Waals surface area (Å²) in [5.74, 6) is 0. The standard InChI is InChI=1S/C28H29N/c1-21(26-15-9-11-23-10-7-8-14-27(23)26)29-20-22-16-18-25(19-17-22)28(2,3)24-12-5-4-6-13-24/h4-19,21,29H,20H2,1-3H3/t21-/m0/s1. The second kappa shape index (κ2) is 8.23. The maximum Gasteiger partial charge on any atom is 0.0301 e. The highest BCUT2D eigenvalue weighted by Crippen LogP contribution is 2.31. The minimum absolute atomic E-state index is 0.00344. The quantitative estimate of drug-likeness (QED) is 0.380. The van der Waals surface area contributed by atoms with E-state index < -0.39 is 0 Å². The molecule has 0 aromatic heterocycles. The Morgan fingerprint density at radius 2 is 1.31 bits per heavy atom. The molecule has 0 aliphatic carbocycles. The molecule has 0 saturated heterocycles. The largest absolute Gasteiger partial charge is 0.306 e. The third-order valence-electron chi connectivity index (χ3n) is 6.07. The highest BCUT2D eigenvalue weighted by atomic mass is 14.9. The lowest BCUT2D eigenvalue weighted by atomic mass is 9.78. The Labute approximate surface area is 174 Å². The minimum atomic E-state index is 0.00344. The van der Waals surface area contributed by atoms with Crippen LogP contribution in [0, 0.1) is 0 Å². The molecule has 29 heavy (non-hydrogen) atoms. The molecule has 1 heteroatoms. The third-order valence-corrected chi connectivity index (χ3v) is 6.07. The van der Waals surface area contributed by atoms with Crippen LogP contribution in [0.1, 0.15) is 49.1 Å². The molecule has 4 aromatic rings. The summed E-state index contributed by atoms with van der Waals surface area (Å²) in [4.78, 5) is 0. The summed E-state index contributed by atoms with van der Waals surface area (Å²) in [6.45, 7) is 7.68. The van der Waals surface area contributed by atoms with Crippen molar-refractivity contribution < 1.29 is 0 Å². The van der Waals surface area contributed by atoms with Crippen LogP contribution in [-0.4, -0.2) is 0 Å². The number of benzene rings is 4. The van der Waals surface area contributed by atoms with E-state index in [1.54, 1.807) is 0 Å². The third kappa shape index (κ3) is 4.11. The molecule has 4 aromatic carbocycles. The molecule has 0 amide bonds. The summed E-state index contributed by atoms with van der Waals surface area (Å²) in [5, 5.41) is 6.32. The second-order valence-electron chi connectivity index (χ2n) is 8.36. The van der Waals surface area contributed by atoms with Crippen LogP contribution in [0.3, 0.4) is 0 Å². The molecular weight excluding hydrogens is 350 g/mol. The van der Waals surface area contributed by atoms with Crippen LogP contribution in [-0.2, 0) is 12.0 Å². The van der Waals surface area contributed by atoms with E-state index in [0.717, 1.165) is 6.54 Å². The van der Waals surface area contributed by atoms with Gasteiger partial charge in [-0.05, 0) is 39.9 Å². The Hall–Kier alpha value is -2.90. The van der Waals surface area contributed by atoms with Gasteiger partial charge >= 0.3 is 0 Å². The Bertz CT molecular complexity index is 1070. The Morgan fingerprint density at radius 3 is 2.07 bits per heavy atom. The summed E-state index contributed by atoms with van der Waals surface area (Å²) in [5.41, 5.74) is 5.35. The first-order valence-corrected chi connectivity index (χ1v) is 10.4. The lowest BCUT2D eigenvalue weighted by molar-refractivity contribution is 0.577. The lowest BCUT2D eigenvalue weighted by Gasteiger charge is -2.26. The molecule has 1 N–H and O–H groups in total. The van der Waals surface area contributed by atoms with Crippen LogP contribution in [0.5, 0.6) is 0 Å². The van der Waals surface area contributed by atoms with E-state index in [9.17, 15) is 0 Å². The van der Waals surface area contributed by atoms with Crippen molar-refractivity contribution in [2.24, 2.45) is 0 Å². The topological polar surface area (TPSA) is 12.0 Å². The summed E-state index contributed by atoms with van der Waals surface area (Å²) >= 11 is 0. The number of nitrogens with one attached hydrogen (secondary N) is 1. The molecule has 0 unspecified atom stereocenters. The molecule has 4 rings (SSSR count). The highest BCUT2D eigenvalue weighted by molar-refractivity contribution is 5.86. The van der Waals surface area contributed by atoms with Crippen molar-refractivity contribution in [3.8, 4) is 0 Å². The van der Waals surface area contributed by atoms with Gasteiger partial charge in [0.2, 0.25) is 0 Å². The number of hydrogen-bond donors (Lipinski definition) is 1.